The molecule has 2 aromatic carbocycles. The molecular weight excluding hydrogens is 410 g/mol. The SMILES string of the molecule is CCc1cccc(C)c1NC(=O)CSc1nc2c(=O)[nH]cnc2n1-c1ccc(C)cc1. The Morgan fingerprint density at radius 2 is 1.94 bits per heavy atom. The van der Waals surface area contributed by atoms with Crippen LogP contribution in [0.15, 0.2) is 58.7 Å². The predicted octanol–water partition coefficient (Wildman–Crippen LogP) is 4.02. The van der Waals surface area contributed by atoms with Crippen LogP contribution in [-0.2, 0) is 11.2 Å². The maximum Gasteiger partial charge on any atom is 0.278 e. The van der Waals surface area contributed by atoms with Gasteiger partial charge in [-0.25, -0.2) is 9.97 Å². The summed E-state index contributed by atoms with van der Waals surface area (Å²) in [5.41, 5.74) is 5.34. The van der Waals surface area contributed by atoms with Crippen molar-refractivity contribution in [2.75, 3.05) is 11.1 Å². The molecule has 1 amide bonds. The van der Waals surface area contributed by atoms with Crippen LogP contribution in [-0.4, -0.2) is 31.2 Å². The number of carbonyl (C=O) groups is 1. The Hall–Kier alpha value is -3.39. The van der Waals surface area contributed by atoms with E-state index in [0.29, 0.717) is 10.8 Å². The highest BCUT2D eigenvalue weighted by molar-refractivity contribution is 7.99. The molecule has 8 heteroatoms. The van der Waals surface area contributed by atoms with Gasteiger partial charge in [-0.2, -0.15) is 0 Å². The zero-order valence-electron chi connectivity index (χ0n) is 17.6. The number of benzene rings is 2. The average Bonchev–Trinajstić information content (AvgIpc) is 3.14. The zero-order chi connectivity index (χ0) is 22.0. The van der Waals surface area contributed by atoms with Gasteiger partial charge in [-0.15, -0.1) is 0 Å². The van der Waals surface area contributed by atoms with E-state index in [1.807, 2.05) is 60.9 Å². The minimum absolute atomic E-state index is 0.126. The van der Waals surface area contributed by atoms with Gasteiger partial charge in [-0.05, 0) is 43.5 Å². The molecule has 4 aromatic rings. The number of para-hydroxylation sites is 1. The molecule has 0 spiro atoms. The number of hydrogen-bond donors (Lipinski definition) is 2. The fourth-order valence-electron chi connectivity index (χ4n) is 3.41. The Kier molecular flexibility index (Phi) is 5.90. The van der Waals surface area contributed by atoms with E-state index in [1.54, 1.807) is 0 Å². The number of nitrogens with one attached hydrogen (secondary N) is 2. The summed E-state index contributed by atoms with van der Waals surface area (Å²) in [4.78, 5) is 36.3. The Morgan fingerprint density at radius 3 is 2.68 bits per heavy atom. The van der Waals surface area contributed by atoms with Crippen molar-refractivity contribution >= 4 is 34.5 Å². The molecule has 0 fully saturated rings. The molecule has 0 aliphatic rings. The first-order chi connectivity index (χ1) is 15.0. The molecule has 2 heterocycles. The first kappa shape index (κ1) is 20.9. The highest BCUT2D eigenvalue weighted by atomic mass is 32.2. The molecule has 4 rings (SSSR count). The monoisotopic (exact) mass is 433 g/mol. The summed E-state index contributed by atoms with van der Waals surface area (Å²) in [6.07, 6.45) is 2.20. The van der Waals surface area contributed by atoms with Crippen molar-refractivity contribution in [3.8, 4) is 5.69 Å². The Balaban J connectivity index is 1.64. The third-order valence-electron chi connectivity index (χ3n) is 5.05. The Labute approximate surface area is 183 Å². The van der Waals surface area contributed by atoms with Gasteiger partial charge in [0.15, 0.2) is 16.3 Å². The lowest BCUT2D eigenvalue weighted by molar-refractivity contribution is -0.113. The van der Waals surface area contributed by atoms with Gasteiger partial charge >= 0.3 is 0 Å². The molecule has 7 nitrogen and oxygen atoms in total. The van der Waals surface area contributed by atoms with Crippen LogP contribution in [0.25, 0.3) is 16.9 Å². The van der Waals surface area contributed by atoms with Crippen LogP contribution in [0.2, 0.25) is 0 Å². The molecule has 2 aromatic heterocycles. The number of anilines is 1. The molecule has 0 aliphatic heterocycles. The van der Waals surface area contributed by atoms with Crippen molar-refractivity contribution in [1.82, 2.24) is 19.5 Å². The van der Waals surface area contributed by atoms with Gasteiger partial charge in [0.1, 0.15) is 0 Å². The average molecular weight is 434 g/mol. The van der Waals surface area contributed by atoms with Crippen molar-refractivity contribution < 1.29 is 4.79 Å². The van der Waals surface area contributed by atoms with Crippen molar-refractivity contribution in [3.63, 3.8) is 0 Å². The largest absolute Gasteiger partial charge is 0.325 e. The number of nitrogens with zero attached hydrogens (tertiary/aromatic N) is 3. The second-order valence-corrected chi connectivity index (χ2v) is 8.21. The van der Waals surface area contributed by atoms with E-state index in [-0.39, 0.29) is 22.7 Å². The van der Waals surface area contributed by atoms with Crippen LogP contribution in [0.3, 0.4) is 0 Å². The summed E-state index contributed by atoms with van der Waals surface area (Å²) < 4.78 is 1.81. The summed E-state index contributed by atoms with van der Waals surface area (Å²) in [6.45, 7) is 6.05. The molecule has 158 valence electrons. The van der Waals surface area contributed by atoms with Crippen molar-refractivity contribution in [1.29, 1.82) is 0 Å². The Bertz CT molecular complexity index is 1310. The van der Waals surface area contributed by atoms with E-state index in [2.05, 4.69) is 27.2 Å². The maximum absolute atomic E-state index is 12.7. The first-order valence-corrected chi connectivity index (χ1v) is 11.0. The summed E-state index contributed by atoms with van der Waals surface area (Å²) in [7, 11) is 0. The van der Waals surface area contributed by atoms with Crippen LogP contribution >= 0.6 is 11.8 Å². The lowest BCUT2D eigenvalue weighted by Gasteiger charge is -2.13. The highest BCUT2D eigenvalue weighted by Gasteiger charge is 2.18. The number of aryl methyl sites for hydroxylation is 3. The summed E-state index contributed by atoms with van der Waals surface area (Å²) >= 11 is 1.27. The molecule has 31 heavy (non-hydrogen) atoms. The van der Waals surface area contributed by atoms with E-state index in [4.69, 9.17) is 0 Å². The fourth-order valence-corrected chi connectivity index (χ4v) is 4.22. The molecule has 0 unspecified atom stereocenters. The lowest BCUT2D eigenvalue weighted by Crippen LogP contribution is -2.16. The second-order valence-electron chi connectivity index (χ2n) is 7.27. The van der Waals surface area contributed by atoms with Crippen LogP contribution in [0.1, 0.15) is 23.6 Å². The molecule has 0 atom stereocenters. The first-order valence-electron chi connectivity index (χ1n) is 10.0. The van der Waals surface area contributed by atoms with Crippen LogP contribution in [0, 0.1) is 13.8 Å². The maximum atomic E-state index is 12.7. The number of H-pyrrole nitrogens is 1. The molecule has 0 saturated carbocycles. The topological polar surface area (TPSA) is 92.7 Å². The zero-order valence-corrected chi connectivity index (χ0v) is 18.4. The summed E-state index contributed by atoms with van der Waals surface area (Å²) in [6, 6.07) is 13.9. The van der Waals surface area contributed by atoms with Gasteiger partial charge in [-0.3, -0.25) is 14.2 Å². The fraction of sp³-hybridized carbons (Fsp3) is 0.217. The predicted molar refractivity (Wildman–Crippen MR) is 124 cm³/mol. The van der Waals surface area contributed by atoms with Gasteiger partial charge in [0.05, 0.1) is 12.1 Å². The van der Waals surface area contributed by atoms with Crippen LogP contribution < -0.4 is 10.9 Å². The van der Waals surface area contributed by atoms with E-state index in [1.165, 1.54) is 18.1 Å². The van der Waals surface area contributed by atoms with Gasteiger partial charge in [0, 0.05) is 11.4 Å². The van der Waals surface area contributed by atoms with Gasteiger partial charge in [-0.1, -0.05) is 54.6 Å². The van der Waals surface area contributed by atoms with E-state index in [9.17, 15) is 9.59 Å². The number of rotatable bonds is 6. The molecule has 0 saturated heterocycles. The number of fused-ring (bicyclic) bond motifs is 1. The van der Waals surface area contributed by atoms with E-state index >= 15 is 0 Å². The number of aromatic nitrogens is 4. The highest BCUT2D eigenvalue weighted by Crippen LogP contribution is 2.27. The van der Waals surface area contributed by atoms with Crippen molar-refractivity contribution in [2.45, 2.75) is 32.3 Å². The number of thioether (sulfide) groups is 1. The number of hydrogen-bond acceptors (Lipinski definition) is 5. The van der Waals surface area contributed by atoms with Crippen molar-refractivity contribution in [3.05, 3.63) is 75.8 Å². The normalized spacial score (nSPS) is 11.1. The number of amides is 1. The molecule has 0 aliphatic carbocycles. The van der Waals surface area contributed by atoms with Gasteiger partial charge in [0.2, 0.25) is 5.91 Å². The quantitative estimate of drug-likeness (QED) is 0.448. The third-order valence-corrected chi connectivity index (χ3v) is 5.99. The lowest BCUT2D eigenvalue weighted by atomic mass is 10.1. The standard InChI is InChI=1S/C23H23N5O2S/c1-4-16-7-5-6-15(3)19(16)26-18(29)12-31-23-27-20-21(24-13-25-22(20)30)28(23)17-10-8-14(2)9-11-17/h5-11,13H,4,12H2,1-3H3,(H,26,29)(H,24,25,30). The van der Waals surface area contributed by atoms with Gasteiger partial charge < -0.3 is 10.3 Å². The summed E-state index contributed by atoms with van der Waals surface area (Å²) in [5.74, 6) is 0.0308. The molecule has 2 N–H and O–H groups in total. The van der Waals surface area contributed by atoms with E-state index in [0.717, 1.165) is 34.5 Å². The molecule has 0 bridgehead atoms. The minimum atomic E-state index is -0.310. The second kappa shape index (κ2) is 8.77. The van der Waals surface area contributed by atoms with Crippen LogP contribution in [0.5, 0.6) is 0 Å². The number of imidazole rings is 1. The van der Waals surface area contributed by atoms with E-state index < -0.39 is 0 Å². The number of aromatic amines is 1. The third kappa shape index (κ3) is 4.25. The summed E-state index contributed by atoms with van der Waals surface area (Å²) in [5, 5.41) is 3.57. The number of carbonyl (C=O) groups excluding carboxylic acids is 1. The van der Waals surface area contributed by atoms with Gasteiger partial charge in [0.25, 0.3) is 5.56 Å². The molecule has 0 radical (unpaired) electrons. The minimum Gasteiger partial charge on any atom is -0.325 e. The van der Waals surface area contributed by atoms with Crippen LogP contribution in [0.4, 0.5) is 5.69 Å². The smallest absolute Gasteiger partial charge is 0.278 e. The molecular formula is C23H23N5O2S. The van der Waals surface area contributed by atoms with Crippen molar-refractivity contribution in [2.24, 2.45) is 0 Å². The Morgan fingerprint density at radius 1 is 1.16 bits per heavy atom.